The maximum Gasteiger partial charge on any atom is 0.317 e. The van der Waals surface area contributed by atoms with E-state index in [4.69, 9.17) is 5.11 Å². The average molecular weight is 378 g/mol. The predicted octanol–water partition coefficient (Wildman–Crippen LogP) is 0.626. The van der Waals surface area contributed by atoms with Crippen molar-refractivity contribution >= 4 is 17.7 Å². The number of carboxylic acids is 1. The Labute approximate surface area is 159 Å². The zero-order valence-corrected chi connectivity index (χ0v) is 16.1. The maximum absolute atomic E-state index is 12.3. The molecule has 1 aliphatic carbocycles. The highest BCUT2D eigenvalue weighted by molar-refractivity contribution is 5.75. The van der Waals surface area contributed by atoms with Crippen LogP contribution in [-0.4, -0.2) is 76.1 Å². The van der Waals surface area contributed by atoms with Gasteiger partial charge in [-0.3, -0.25) is 14.4 Å². The zero-order valence-electron chi connectivity index (χ0n) is 16.1. The van der Waals surface area contributed by atoms with Gasteiger partial charge in [-0.2, -0.15) is 5.10 Å². The van der Waals surface area contributed by atoms with Gasteiger partial charge in [-0.15, -0.1) is 0 Å². The molecular weight excluding hydrogens is 348 g/mol. The van der Waals surface area contributed by atoms with Crippen molar-refractivity contribution in [3.63, 3.8) is 0 Å². The van der Waals surface area contributed by atoms with Crippen LogP contribution in [0.3, 0.4) is 0 Å². The summed E-state index contributed by atoms with van der Waals surface area (Å²) in [6.45, 7) is 4.50. The second-order valence-electron chi connectivity index (χ2n) is 7.55. The van der Waals surface area contributed by atoms with E-state index in [2.05, 4.69) is 20.6 Å². The van der Waals surface area contributed by atoms with Gasteiger partial charge in [0.2, 0.25) is 0 Å². The van der Waals surface area contributed by atoms with Gasteiger partial charge in [0.25, 0.3) is 0 Å². The molecule has 1 atom stereocenters. The molecule has 1 saturated carbocycles. The van der Waals surface area contributed by atoms with Gasteiger partial charge < -0.3 is 20.6 Å². The van der Waals surface area contributed by atoms with Crippen LogP contribution in [0.2, 0.25) is 0 Å². The van der Waals surface area contributed by atoms with Crippen molar-refractivity contribution in [2.45, 2.75) is 50.7 Å². The number of carbonyl (C=O) groups excluding carboxylic acids is 1. The highest BCUT2D eigenvalue weighted by Gasteiger charge is 2.35. The number of hydrogen-bond acceptors (Lipinski definition) is 5. The van der Waals surface area contributed by atoms with E-state index in [1.807, 2.05) is 31.3 Å². The lowest BCUT2D eigenvalue weighted by atomic mass is 9.85. The quantitative estimate of drug-likeness (QED) is 0.643. The van der Waals surface area contributed by atoms with Crippen LogP contribution in [0.4, 0.5) is 10.5 Å². The molecule has 2 heterocycles. The number of aliphatic carboxylic acids is 1. The Hall–Kier alpha value is -2.29. The fourth-order valence-corrected chi connectivity index (χ4v) is 3.99. The smallest absolute Gasteiger partial charge is 0.317 e. The minimum atomic E-state index is -0.804. The summed E-state index contributed by atoms with van der Waals surface area (Å²) < 4.78 is 1.79. The SMILES string of the molecule is CCN(CC(=O)O)C1CC(NC(=O)NC2CCCN(c3cnn(C)c3)C2)C1. The molecule has 2 amide bonds. The number of carboxylic acid groups (broad SMARTS) is 1. The minimum absolute atomic E-state index is 0.0618. The van der Waals surface area contributed by atoms with E-state index in [0.29, 0.717) is 6.54 Å². The number of nitrogens with one attached hydrogen (secondary N) is 2. The molecule has 9 nitrogen and oxygen atoms in total. The minimum Gasteiger partial charge on any atom is -0.480 e. The van der Waals surface area contributed by atoms with Crippen LogP contribution >= 0.6 is 0 Å². The molecule has 0 radical (unpaired) electrons. The van der Waals surface area contributed by atoms with Gasteiger partial charge in [0.05, 0.1) is 18.4 Å². The van der Waals surface area contributed by atoms with E-state index in [9.17, 15) is 9.59 Å². The first-order chi connectivity index (χ1) is 12.9. The summed E-state index contributed by atoms with van der Waals surface area (Å²) in [6, 6.07) is 0.356. The fourth-order valence-electron chi connectivity index (χ4n) is 3.99. The lowest BCUT2D eigenvalue weighted by Gasteiger charge is -2.42. The van der Waals surface area contributed by atoms with Crippen molar-refractivity contribution in [2.75, 3.05) is 31.1 Å². The topological polar surface area (TPSA) is 103 Å². The van der Waals surface area contributed by atoms with Gasteiger partial charge in [-0.1, -0.05) is 6.92 Å². The maximum atomic E-state index is 12.3. The van der Waals surface area contributed by atoms with E-state index >= 15 is 0 Å². The van der Waals surface area contributed by atoms with Crippen LogP contribution in [-0.2, 0) is 11.8 Å². The Morgan fingerprint density at radius 3 is 2.70 bits per heavy atom. The Bertz CT molecular complexity index is 657. The Kier molecular flexibility index (Phi) is 6.20. The first-order valence-electron chi connectivity index (χ1n) is 9.71. The summed E-state index contributed by atoms with van der Waals surface area (Å²) in [5.74, 6) is -0.804. The van der Waals surface area contributed by atoms with Crippen LogP contribution in [0.25, 0.3) is 0 Å². The van der Waals surface area contributed by atoms with Crippen molar-refractivity contribution in [1.29, 1.82) is 0 Å². The Morgan fingerprint density at radius 1 is 1.33 bits per heavy atom. The van der Waals surface area contributed by atoms with Crippen LogP contribution in [0.15, 0.2) is 12.4 Å². The number of amides is 2. The summed E-state index contributed by atoms with van der Waals surface area (Å²) in [5, 5.41) is 19.3. The molecule has 27 heavy (non-hydrogen) atoms. The van der Waals surface area contributed by atoms with E-state index in [0.717, 1.165) is 44.5 Å². The lowest BCUT2D eigenvalue weighted by molar-refractivity contribution is -0.139. The van der Waals surface area contributed by atoms with E-state index in [-0.39, 0.29) is 30.7 Å². The second-order valence-corrected chi connectivity index (χ2v) is 7.55. The van der Waals surface area contributed by atoms with Gasteiger partial charge in [0.15, 0.2) is 0 Å². The molecule has 1 aliphatic heterocycles. The molecular formula is C18H30N6O3. The number of likely N-dealkylation sites (N-methyl/N-ethyl adjacent to an activating group) is 1. The van der Waals surface area contributed by atoms with Crippen LogP contribution in [0, 0.1) is 0 Å². The number of piperidine rings is 1. The lowest BCUT2D eigenvalue weighted by Crippen LogP contribution is -2.58. The molecule has 1 aromatic rings. The summed E-state index contributed by atoms with van der Waals surface area (Å²) in [4.78, 5) is 27.4. The number of hydrogen-bond donors (Lipinski definition) is 3. The number of urea groups is 1. The third kappa shape index (κ3) is 5.12. The molecule has 3 rings (SSSR count). The molecule has 1 saturated heterocycles. The van der Waals surface area contributed by atoms with E-state index in [1.54, 1.807) is 4.68 Å². The highest BCUT2D eigenvalue weighted by Crippen LogP contribution is 2.25. The third-order valence-electron chi connectivity index (χ3n) is 5.52. The first-order valence-corrected chi connectivity index (χ1v) is 9.71. The Balaban J connectivity index is 1.40. The van der Waals surface area contributed by atoms with Crippen molar-refractivity contribution in [2.24, 2.45) is 7.05 Å². The van der Waals surface area contributed by atoms with Gasteiger partial charge in [-0.25, -0.2) is 4.79 Å². The molecule has 1 aromatic heterocycles. The van der Waals surface area contributed by atoms with Gasteiger partial charge in [0, 0.05) is 44.5 Å². The predicted molar refractivity (Wildman–Crippen MR) is 102 cm³/mol. The number of carbonyl (C=O) groups is 2. The molecule has 2 aliphatic rings. The number of aryl methyl sites for hydroxylation is 1. The number of rotatable bonds is 7. The largest absolute Gasteiger partial charge is 0.480 e. The molecule has 3 N–H and O–H groups in total. The standard InChI is InChI=1S/C18H30N6O3/c1-3-23(12-17(25)26)15-7-14(8-15)21-18(27)20-13-5-4-6-24(10-13)16-9-19-22(2)11-16/h9,11,13-15H,3-8,10,12H2,1-2H3,(H,25,26)(H2,20,21,27). The van der Waals surface area contributed by atoms with Gasteiger partial charge in [-0.05, 0) is 32.2 Å². The number of aromatic nitrogens is 2. The van der Waals surface area contributed by atoms with E-state index < -0.39 is 5.97 Å². The van der Waals surface area contributed by atoms with Crippen LogP contribution in [0.1, 0.15) is 32.6 Å². The monoisotopic (exact) mass is 378 g/mol. The normalized spacial score (nSPS) is 25.1. The van der Waals surface area contributed by atoms with Crippen molar-refractivity contribution in [3.8, 4) is 0 Å². The van der Waals surface area contributed by atoms with E-state index in [1.165, 1.54) is 0 Å². The zero-order chi connectivity index (χ0) is 19.4. The summed E-state index contributed by atoms with van der Waals surface area (Å²) in [5.41, 5.74) is 1.09. The molecule has 1 unspecified atom stereocenters. The number of nitrogens with zero attached hydrogens (tertiary/aromatic N) is 4. The molecule has 0 bridgehead atoms. The molecule has 150 valence electrons. The summed E-state index contributed by atoms with van der Waals surface area (Å²) >= 11 is 0. The summed E-state index contributed by atoms with van der Waals surface area (Å²) in [6.07, 6.45) is 7.47. The van der Waals surface area contributed by atoms with Crippen molar-refractivity contribution in [1.82, 2.24) is 25.3 Å². The molecule has 0 spiro atoms. The Morgan fingerprint density at radius 2 is 2.07 bits per heavy atom. The molecule has 2 fully saturated rings. The second kappa shape index (κ2) is 8.60. The van der Waals surface area contributed by atoms with Gasteiger partial charge in [0.1, 0.15) is 0 Å². The molecule has 9 heteroatoms. The van der Waals surface area contributed by atoms with Crippen LogP contribution < -0.4 is 15.5 Å². The highest BCUT2D eigenvalue weighted by atomic mass is 16.4. The number of anilines is 1. The fraction of sp³-hybridized carbons (Fsp3) is 0.722. The average Bonchev–Trinajstić information content (AvgIpc) is 3.02. The van der Waals surface area contributed by atoms with Gasteiger partial charge >= 0.3 is 12.0 Å². The molecule has 0 aromatic carbocycles. The summed E-state index contributed by atoms with van der Waals surface area (Å²) in [7, 11) is 1.90. The van der Waals surface area contributed by atoms with Crippen molar-refractivity contribution < 1.29 is 14.7 Å². The third-order valence-corrected chi connectivity index (χ3v) is 5.52. The van der Waals surface area contributed by atoms with Crippen LogP contribution in [0.5, 0.6) is 0 Å². The first kappa shape index (κ1) is 19.5. The van der Waals surface area contributed by atoms with Crippen molar-refractivity contribution in [3.05, 3.63) is 12.4 Å².